The molecule has 0 aliphatic heterocycles. The third-order valence-corrected chi connectivity index (χ3v) is 9.46. The molecule has 0 saturated heterocycles. The Morgan fingerprint density at radius 2 is 1.74 bits per heavy atom. The van der Waals surface area contributed by atoms with Crippen molar-refractivity contribution in [1.29, 1.82) is 0 Å². The lowest BCUT2D eigenvalue weighted by molar-refractivity contribution is -0.185. The van der Waals surface area contributed by atoms with Gasteiger partial charge in [-0.05, 0) is 51.2 Å². The molecule has 7 unspecified atom stereocenters. The van der Waals surface area contributed by atoms with Crippen molar-refractivity contribution in [1.82, 2.24) is 0 Å². The molecule has 2 saturated carbocycles. The predicted octanol–water partition coefficient (Wildman–Crippen LogP) is 3.44. The Morgan fingerprint density at radius 3 is 2.31 bits per heavy atom. The molecule has 4 aliphatic carbocycles. The summed E-state index contributed by atoms with van der Waals surface area (Å²) in [5.41, 5.74) is -2.04. The Hall–Kier alpha value is -2.25. The number of esters is 2. The van der Waals surface area contributed by atoms with Crippen molar-refractivity contribution in [3.8, 4) is 0 Å². The zero-order valence-corrected chi connectivity index (χ0v) is 22.0. The lowest BCUT2D eigenvalue weighted by Crippen LogP contribution is -2.61. The van der Waals surface area contributed by atoms with Crippen molar-refractivity contribution < 1.29 is 34.1 Å². The van der Waals surface area contributed by atoms with E-state index in [1.807, 2.05) is 40.7 Å². The van der Waals surface area contributed by atoms with Crippen molar-refractivity contribution in [3.05, 3.63) is 34.4 Å². The zero-order chi connectivity index (χ0) is 26.3. The summed E-state index contributed by atoms with van der Waals surface area (Å²) < 4.78 is 11.5. The van der Waals surface area contributed by atoms with Gasteiger partial charge in [0.2, 0.25) is 0 Å². The maximum Gasteiger partial charge on any atom is 0.334 e. The number of Topliss-reactive ketones (excluding diaryl/α,β-unsaturated/α-hetero) is 1. The van der Waals surface area contributed by atoms with Crippen LogP contribution in [0, 0.1) is 29.1 Å². The van der Waals surface area contributed by atoms with E-state index < -0.39 is 45.8 Å². The van der Waals surface area contributed by atoms with E-state index in [9.17, 15) is 24.6 Å². The average molecular weight is 487 g/mol. The Bertz CT molecular complexity index is 1090. The van der Waals surface area contributed by atoms with Gasteiger partial charge in [-0.2, -0.15) is 0 Å². The van der Waals surface area contributed by atoms with Crippen molar-refractivity contribution in [2.24, 2.45) is 29.1 Å². The lowest BCUT2D eigenvalue weighted by atomic mass is 9.60. The molecule has 7 nitrogen and oxygen atoms in total. The van der Waals surface area contributed by atoms with E-state index in [0.717, 1.165) is 5.57 Å². The maximum absolute atomic E-state index is 13.1. The van der Waals surface area contributed by atoms with Gasteiger partial charge >= 0.3 is 11.9 Å². The van der Waals surface area contributed by atoms with Crippen molar-refractivity contribution in [2.75, 3.05) is 6.61 Å². The van der Waals surface area contributed by atoms with Crippen LogP contribution >= 0.6 is 0 Å². The number of carbonyl (C=O) groups is 3. The Labute approximate surface area is 207 Å². The minimum absolute atomic E-state index is 0.0278. The van der Waals surface area contributed by atoms with Crippen LogP contribution in [-0.2, 0) is 23.9 Å². The highest BCUT2D eigenvalue weighted by Gasteiger charge is 2.83. The average Bonchev–Trinajstić information content (AvgIpc) is 3.16. The largest absolute Gasteiger partial charge is 0.461 e. The van der Waals surface area contributed by atoms with Gasteiger partial charge in [0, 0.05) is 42.1 Å². The van der Waals surface area contributed by atoms with Crippen LogP contribution in [-0.4, -0.2) is 51.3 Å². The fourth-order valence-corrected chi connectivity index (χ4v) is 7.23. The van der Waals surface area contributed by atoms with E-state index in [1.54, 1.807) is 19.9 Å². The van der Waals surface area contributed by atoms with Crippen molar-refractivity contribution in [2.45, 2.75) is 85.0 Å². The van der Waals surface area contributed by atoms with Crippen molar-refractivity contribution in [3.63, 3.8) is 0 Å². The fraction of sp³-hybridized carbons (Fsp3) is 0.679. The number of ether oxygens (including phenoxy) is 2. The number of fused-ring (bicyclic) bond motifs is 5. The van der Waals surface area contributed by atoms with Gasteiger partial charge in [0.15, 0.2) is 5.78 Å². The highest BCUT2D eigenvalue weighted by atomic mass is 16.6. The normalized spacial score (nSPS) is 40.8. The SMILES string of the molecule is CC(=O)OCC1=CC2C3C(C)(C)C3(OC(=O)C(C)=C(C)C)CC(C)C2(O)C2C=C(C)C(=O)C2(O)C1. The monoisotopic (exact) mass is 486 g/mol. The summed E-state index contributed by atoms with van der Waals surface area (Å²) in [5.74, 6) is -3.19. The topological polar surface area (TPSA) is 110 Å². The molecule has 0 aromatic carbocycles. The molecule has 0 heterocycles. The van der Waals surface area contributed by atoms with Gasteiger partial charge in [-0.3, -0.25) is 9.59 Å². The molecule has 7 heteroatoms. The second kappa shape index (κ2) is 7.87. The molecule has 192 valence electrons. The highest BCUT2D eigenvalue weighted by Crippen LogP contribution is 2.76. The summed E-state index contributed by atoms with van der Waals surface area (Å²) in [5, 5.41) is 24.1. The second-order valence-corrected chi connectivity index (χ2v) is 12.0. The van der Waals surface area contributed by atoms with Gasteiger partial charge in [0.1, 0.15) is 17.8 Å². The zero-order valence-electron chi connectivity index (χ0n) is 22.0. The summed E-state index contributed by atoms with van der Waals surface area (Å²) in [4.78, 5) is 37.7. The van der Waals surface area contributed by atoms with Gasteiger partial charge in [-0.25, -0.2) is 4.79 Å². The molecule has 0 bridgehead atoms. The number of carbonyl (C=O) groups excluding carboxylic acids is 3. The second-order valence-electron chi connectivity index (χ2n) is 12.0. The summed E-state index contributed by atoms with van der Waals surface area (Å²) in [6, 6.07) is 0. The van der Waals surface area contributed by atoms with Gasteiger partial charge in [-0.1, -0.05) is 38.5 Å². The van der Waals surface area contributed by atoms with Crippen LogP contribution in [0.5, 0.6) is 0 Å². The Balaban J connectivity index is 1.84. The Kier molecular flexibility index (Phi) is 5.81. The number of allylic oxidation sites excluding steroid dienone is 1. The first kappa shape index (κ1) is 25.8. The first-order valence-electron chi connectivity index (χ1n) is 12.4. The summed E-state index contributed by atoms with van der Waals surface area (Å²) in [6.07, 6.45) is 3.97. The minimum Gasteiger partial charge on any atom is -0.461 e. The standard InChI is InChI=1S/C28H38O7/c1-14(2)17(5)24(31)35-27-11-16(4)28(33)20(22(27)25(27,7)8)10-19(13-34-18(6)29)12-26(32)21(28)9-15(3)23(26)30/h9-10,16,20-22,32-33H,11-13H2,1-8H3. The lowest BCUT2D eigenvalue weighted by Gasteiger charge is -2.50. The smallest absolute Gasteiger partial charge is 0.334 e. The molecule has 0 spiro atoms. The third-order valence-electron chi connectivity index (χ3n) is 9.46. The van der Waals surface area contributed by atoms with E-state index in [-0.39, 0.29) is 30.8 Å². The van der Waals surface area contributed by atoms with Gasteiger partial charge in [0.25, 0.3) is 0 Å². The molecular formula is C28H38O7. The molecule has 35 heavy (non-hydrogen) atoms. The fourth-order valence-electron chi connectivity index (χ4n) is 7.23. The summed E-state index contributed by atoms with van der Waals surface area (Å²) in [7, 11) is 0. The number of rotatable bonds is 4. The van der Waals surface area contributed by atoms with Crippen LogP contribution < -0.4 is 0 Å². The van der Waals surface area contributed by atoms with Crippen LogP contribution in [0.25, 0.3) is 0 Å². The maximum atomic E-state index is 13.1. The quantitative estimate of drug-likeness (QED) is 0.356. The molecule has 0 amide bonds. The molecule has 0 aromatic rings. The summed E-state index contributed by atoms with van der Waals surface area (Å²) >= 11 is 0. The number of hydrogen-bond donors (Lipinski definition) is 2. The molecular weight excluding hydrogens is 448 g/mol. The third kappa shape index (κ3) is 3.41. The van der Waals surface area contributed by atoms with E-state index in [2.05, 4.69) is 0 Å². The Morgan fingerprint density at radius 1 is 1.11 bits per heavy atom. The van der Waals surface area contributed by atoms with E-state index in [0.29, 0.717) is 23.1 Å². The van der Waals surface area contributed by atoms with E-state index in [4.69, 9.17) is 9.47 Å². The predicted molar refractivity (Wildman–Crippen MR) is 129 cm³/mol. The minimum atomic E-state index is -1.82. The van der Waals surface area contributed by atoms with Gasteiger partial charge in [-0.15, -0.1) is 0 Å². The molecule has 7 atom stereocenters. The highest BCUT2D eigenvalue weighted by molar-refractivity contribution is 6.04. The van der Waals surface area contributed by atoms with Crippen LogP contribution in [0.3, 0.4) is 0 Å². The molecule has 2 fully saturated rings. The number of aliphatic hydroxyl groups is 2. The van der Waals surface area contributed by atoms with Gasteiger partial charge in [0.05, 0.1) is 5.60 Å². The summed E-state index contributed by atoms with van der Waals surface area (Å²) in [6.45, 7) is 14.4. The molecule has 0 radical (unpaired) electrons. The van der Waals surface area contributed by atoms with Crippen LogP contribution in [0.1, 0.15) is 68.2 Å². The van der Waals surface area contributed by atoms with E-state index in [1.165, 1.54) is 6.92 Å². The van der Waals surface area contributed by atoms with Crippen LogP contribution in [0.2, 0.25) is 0 Å². The first-order valence-corrected chi connectivity index (χ1v) is 12.4. The first-order chi connectivity index (χ1) is 16.0. The number of hydrogen-bond acceptors (Lipinski definition) is 7. The van der Waals surface area contributed by atoms with Gasteiger partial charge < -0.3 is 19.7 Å². The molecule has 2 N–H and O–H groups in total. The number of ketones is 1. The van der Waals surface area contributed by atoms with Crippen LogP contribution in [0.4, 0.5) is 0 Å². The molecule has 4 rings (SSSR count). The molecule has 0 aromatic heterocycles. The van der Waals surface area contributed by atoms with Crippen molar-refractivity contribution >= 4 is 17.7 Å². The van der Waals surface area contributed by atoms with Crippen LogP contribution in [0.15, 0.2) is 34.4 Å². The van der Waals surface area contributed by atoms with E-state index >= 15 is 0 Å². The molecule has 4 aliphatic rings.